The molecule has 0 aromatic heterocycles. The van der Waals surface area contributed by atoms with Crippen LogP contribution in [0.4, 0.5) is 17.6 Å². The molecule has 15 heavy (non-hydrogen) atoms. The highest BCUT2D eigenvalue weighted by Crippen LogP contribution is 2.35. The van der Waals surface area contributed by atoms with Gasteiger partial charge in [0.1, 0.15) is 0 Å². The largest absolute Gasteiger partial charge is 0.505 e. The zero-order valence-electron chi connectivity index (χ0n) is 7.52. The summed E-state index contributed by atoms with van der Waals surface area (Å²) in [7, 11) is 0. The third-order valence-electron chi connectivity index (χ3n) is 1.77. The van der Waals surface area contributed by atoms with E-state index < -0.39 is 34.7 Å². The van der Waals surface area contributed by atoms with Crippen molar-refractivity contribution in [1.29, 1.82) is 0 Å². The Kier molecular flexibility index (Phi) is 2.70. The molecule has 2 nitrogen and oxygen atoms in total. The molecule has 1 N–H and O–H groups in total. The second-order valence-electron chi connectivity index (χ2n) is 2.90. The Balaban J connectivity index is 3.49. The summed E-state index contributed by atoms with van der Waals surface area (Å²) in [5.41, 5.74) is -2.13. The Morgan fingerprint density at radius 3 is 2.27 bits per heavy atom. The molecule has 1 aromatic rings. The van der Waals surface area contributed by atoms with E-state index in [4.69, 9.17) is 5.11 Å². The van der Waals surface area contributed by atoms with E-state index in [0.29, 0.717) is 6.07 Å². The zero-order chi connectivity index (χ0) is 11.8. The number of phenols is 1. The molecule has 1 rings (SSSR count). The van der Waals surface area contributed by atoms with Crippen molar-refractivity contribution in [1.82, 2.24) is 0 Å². The minimum absolute atomic E-state index is 0.103. The first-order valence-electron chi connectivity index (χ1n) is 3.84. The highest BCUT2D eigenvalue weighted by atomic mass is 19.4. The van der Waals surface area contributed by atoms with Gasteiger partial charge in [0.15, 0.2) is 17.3 Å². The number of alkyl halides is 3. The average molecular weight is 222 g/mol. The molecule has 0 aliphatic rings. The number of ketones is 1. The minimum atomic E-state index is -4.82. The monoisotopic (exact) mass is 222 g/mol. The molecule has 0 aliphatic carbocycles. The van der Waals surface area contributed by atoms with Gasteiger partial charge in [-0.15, -0.1) is 0 Å². The van der Waals surface area contributed by atoms with Crippen LogP contribution in [-0.4, -0.2) is 10.9 Å². The van der Waals surface area contributed by atoms with E-state index in [1.165, 1.54) is 0 Å². The van der Waals surface area contributed by atoms with Crippen molar-refractivity contribution >= 4 is 5.78 Å². The number of benzene rings is 1. The Labute approximate surface area is 82.1 Å². The molecule has 0 unspecified atom stereocenters. The Morgan fingerprint density at radius 2 is 1.87 bits per heavy atom. The van der Waals surface area contributed by atoms with E-state index in [2.05, 4.69) is 0 Å². The predicted octanol–water partition coefficient (Wildman–Crippen LogP) is 2.75. The molecule has 0 saturated carbocycles. The number of carbonyl (C=O) groups excluding carboxylic acids is 1. The van der Waals surface area contributed by atoms with Gasteiger partial charge in [0.05, 0.1) is 5.56 Å². The lowest BCUT2D eigenvalue weighted by Crippen LogP contribution is -2.12. The molecule has 0 spiro atoms. The first-order valence-corrected chi connectivity index (χ1v) is 3.84. The van der Waals surface area contributed by atoms with E-state index in [-0.39, 0.29) is 6.07 Å². The van der Waals surface area contributed by atoms with Gasteiger partial charge in [-0.3, -0.25) is 4.79 Å². The van der Waals surface area contributed by atoms with E-state index in [1.54, 1.807) is 0 Å². The number of halogens is 4. The summed E-state index contributed by atoms with van der Waals surface area (Å²) < 4.78 is 49.7. The predicted molar refractivity (Wildman–Crippen MR) is 43.1 cm³/mol. The van der Waals surface area contributed by atoms with Gasteiger partial charge in [0, 0.05) is 5.56 Å². The maximum absolute atomic E-state index is 12.7. The van der Waals surface area contributed by atoms with Crippen LogP contribution in [0.5, 0.6) is 5.75 Å². The van der Waals surface area contributed by atoms with Crippen molar-refractivity contribution in [3.63, 3.8) is 0 Å². The van der Waals surface area contributed by atoms with Crippen molar-refractivity contribution in [2.75, 3.05) is 0 Å². The number of rotatable bonds is 1. The summed E-state index contributed by atoms with van der Waals surface area (Å²) in [6.07, 6.45) is -4.82. The molecule has 0 bridgehead atoms. The maximum atomic E-state index is 12.7. The third-order valence-corrected chi connectivity index (χ3v) is 1.77. The van der Waals surface area contributed by atoms with Crippen molar-refractivity contribution in [2.24, 2.45) is 0 Å². The van der Waals surface area contributed by atoms with Gasteiger partial charge in [-0.1, -0.05) is 0 Å². The normalized spacial score (nSPS) is 11.5. The summed E-state index contributed by atoms with van der Waals surface area (Å²) in [4.78, 5) is 10.8. The number of Topliss-reactive ketones (excluding diaryl/α,β-unsaturated/α-hetero) is 1. The van der Waals surface area contributed by atoms with Crippen molar-refractivity contribution < 1.29 is 27.5 Å². The second kappa shape index (κ2) is 3.52. The molecule has 0 amide bonds. The van der Waals surface area contributed by atoms with Crippen LogP contribution in [-0.2, 0) is 6.18 Å². The number of phenolic OH excluding ortho intramolecular Hbond substituents is 1. The van der Waals surface area contributed by atoms with Crippen molar-refractivity contribution in [2.45, 2.75) is 13.1 Å². The van der Waals surface area contributed by atoms with Crippen LogP contribution < -0.4 is 0 Å². The van der Waals surface area contributed by atoms with Crippen LogP contribution in [0.2, 0.25) is 0 Å². The van der Waals surface area contributed by atoms with Gasteiger partial charge in [0.25, 0.3) is 0 Å². The van der Waals surface area contributed by atoms with Crippen LogP contribution in [0, 0.1) is 5.82 Å². The molecule has 82 valence electrons. The lowest BCUT2D eigenvalue weighted by atomic mass is 10.0. The first kappa shape index (κ1) is 11.5. The highest BCUT2D eigenvalue weighted by Gasteiger charge is 2.35. The van der Waals surface area contributed by atoms with E-state index in [9.17, 15) is 22.4 Å². The fourth-order valence-electron chi connectivity index (χ4n) is 1.09. The fourth-order valence-corrected chi connectivity index (χ4v) is 1.09. The van der Waals surface area contributed by atoms with Crippen LogP contribution in [0.1, 0.15) is 22.8 Å². The van der Waals surface area contributed by atoms with E-state index in [1.807, 2.05) is 0 Å². The first-order chi connectivity index (χ1) is 6.73. The lowest BCUT2D eigenvalue weighted by molar-refractivity contribution is -0.138. The molecular formula is C9H6F4O2. The Hall–Kier alpha value is -1.59. The summed E-state index contributed by atoms with van der Waals surface area (Å²) in [5.74, 6) is -3.28. The third kappa shape index (κ3) is 2.26. The molecule has 1 aromatic carbocycles. The van der Waals surface area contributed by atoms with Gasteiger partial charge in [-0.2, -0.15) is 13.2 Å². The van der Waals surface area contributed by atoms with Gasteiger partial charge < -0.3 is 5.11 Å². The summed E-state index contributed by atoms with van der Waals surface area (Å²) >= 11 is 0. The topological polar surface area (TPSA) is 37.3 Å². The SMILES string of the molecule is CC(=O)c1cc(O)c(F)cc1C(F)(F)F. The quantitative estimate of drug-likeness (QED) is 0.586. The molecule has 0 atom stereocenters. The van der Waals surface area contributed by atoms with Gasteiger partial charge in [0.2, 0.25) is 0 Å². The minimum Gasteiger partial charge on any atom is -0.505 e. The standard InChI is InChI=1S/C9H6F4O2/c1-4(14)5-2-8(15)7(10)3-6(5)9(11,12)13/h2-3,15H,1H3. The van der Waals surface area contributed by atoms with Gasteiger partial charge >= 0.3 is 6.18 Å². The molecular weight excluding hydrogens is 216 g/mol. The average Bonchev–Trinajstić information content (AvgIpc) is 2.06. The number of carbonyl (C=O) groups is 1. The smallest absolute Gasteiger partial charge is 0.417 e. The molecule has 0 fully saturated rings. The van der Waals surface area contributed by atoms with Crippen LogP contribution in [0.25, 0.3) is 0 Å². The van der Waals surface area contributed by atoms with Gasteiger partial charge in [-0.05, 0) is 19.1 Å². The van der Waals surface area contributed by atoms with Gasteiger partial charge in [-0.25, -0.2) is 4.39 Å². The molecule has 0 saturated heterocycles. The number of hydrogen-bond donors (Lipinski definition) is 1. The van der Waals surface area contributed by atoms with E-state index in [0.717, 1.165) is 6.92 Å². The zero-order valence-corrected chi connectivity index (χ0v) is 7.52. The van der Waals surface area contributed by atoms with Crippen LogP contribution >= 0.6 is 0 Å². The maximum Gasteiger partial charge on any atom is 0.417 e. The van der Waals surface area contributed by atoms with Crippen molar-refractivity contribution in [3.05, 3.63) is 29.1 Å². The second-order valence-corrected chi connectivity index (χ2v) is 2.90. The number of aromatic hydroxyl groups is 1. The fraction of sp³-hybridized carbons (Fsp3) is 0.222. The molecule has 0 aliphatic heterocycles. The summed E-state index contributed by atoms with van der Waals surface area (Å²) in [6, 6.07) is 0.576. The Bertz CT molecular complexity index is 409. The molecule has 0 heterocycles. The van der Waals surface area contributed by atoms with E-state index >= 15 is 0 Å². The lowest BCUT2D eigenvalue weighted by Gasteiger charge is -2.11. The van der Waals surface area contributed by atoms with Crippen LogP contribution in [0.3, 0.4) is 0 Å². The van der Waals surface area contributed by atoms with Crippen LogP contribution in [0.15, 0.2) is 12.1 Å². The number of hydrogen-bond acceptors (Lipinski definition) is 2. The Morgan fingerprint density at radius 1 is 1.33 bits per heavy atom. The highest BCUT2D eigenvalue weighted by molar-refractivity contribution is 5.96. The molecule has 6 heteroatoms. The molecule has 0 radical (unpaired) electrons. The van der Waals surface area contributed by atoms with Crippen molar-refractivity contribution in [3.8, 4) is 5.75 Å². The summed E-state index contributed by atoms with van der Waals surface area (Å²) in [5, 5.41) is 8.84. The summed E-state index contributed by atoms with van der Waals surface area (Å²) in [6.45, 7) is 0.905.